The summed E-state index contributed by atoms with van der Waals surface area (Å²) in [5.41, 5.74) is 2.39. The summed E-state index contributed by atoms with van der Waals surface area (Å²) >= 11 is 0. The SMILES string of the molecule is [Li+].[Li+].c1ccc2c3[nH]c(c2c1)/N=c1\[n-]/c(c2ccccc12)=N\c1[nH]c(c2ccccc12)/N=c1\[n-]/c(c2ccccc12)=N\3. The molecule has 10 heteroatoms. The number of aromatic nitrogens is 4. The van der Waals surface area contributed by atoms with E-state index >= 15 is 0 Å². The van der Waals surface area contributed by atoms with E-state index < -0.39 is 0 Å². The third-order valence-electron chi connectivity index (χ3n) is 7.46. The Bertz CT molecular complexity index is 2220. The van der Waals surface area contributed by atoms with Crippen molar-refractivity contribution < 1.29 is 37.7 Å². The molecule has 0 aliphatic carbocycles. The summed E-state index contributed by atoms with van der Waals surface area (Å²) in [6, 6.07) is 32.2. The average Bonchev–Trinajstić information content (AvgIpc) is 3.73. The van der Waals surface area contributed by atoms with Crippen LogP contribution in [0.25, 0.3) is 43.1 Å². The third kappa shape index (κ3) is 3.93. The third-order valence-corrected chi connectivity index (χ3v) is 7.46. The van der Waals surface area contributed by atoms with Crippen LogP contribution >= 0.6 is 0 Å². The smallest absolute Gasteiger partial charge is 0.357 e. The van der Waals surface area contributed by atoms with Gasteiger partial charge in [-0.2, -0.15) is 0 Å². The number of nitrogens with zero attached hydrogens (tertiary/aromatic N) is 6. The zero-order valence-corrected chi connectivity index (χ0v) is 22.9. The van der Waals surface area contributed by atoms with Crippen LogP contribution < -0.4 is 69.6 Å². The van der Waals surface area contributed by atoms with Crippen molar-refractivity contribution in [3.8, 4) is 0 Å². The first-order valence-electron chi connectivity index (χ1n) is 13.0. The summed E-state index contributed by atoms with van der Waals surface area (Å²) in [6.07, 6.45) is 0. The van der Waals surface area contributed by atoms with Gasteiger partial charge in [0.2, 0.25) is 0 Å². The molecule has 1 aliphatic rings. The Hall–Kier alpha value is -4.57. The van der Waals surface area contributed by atoms with Gasteiger partial charge in [0.15, 0.2) is 0 Å². The van der Waals surface area contributed by atoms with Crippen molar-refractivity contribution in [1.82, 2.24) is 19.9 Å². The van der Waals surface area contributed by atoms with Gasteiger partial charge in [-0.3, -0.25) is 0 Å². The van der Waals surface area contributed by atoms with Gasteiger partial charge in [-0.1, -0.05) is 97.1 Å². The second-order valence-electron chi connectivity index (χ2n) is 9.79. The Labute approximate surface area is 261 Å². The molecule has 0 unspecified atom stereocenters. The van der Waals surface area contributed by atoms with E-state index in [4.69, 9.17) is 29.9 Å². The van der Waals surface area contributed by atoms with Crippen LogP contribution in [0.4, 0.5) is 23.3 Å². The second kappa shape index (κ2) is 10.1. The largest absolute Gasteiger partial charge is 1.00 e. The first-order valence-corrected chi connectivity index (χ1v) is 13.0. The van der Waals surface area contributed by atoms with Crippen LogP contribution in [0.1, 0.15) is 0 Å². The van der Waals surface area contributed by atoms with E-state index in [0.717, 1.165) is 43.1 Å². The molecule has 1 aliphatic heterocycles. The van der Waals surface area contributed by atoms with Gasteiger partial charge in [-0.05, 0) is 21.5 Å². The van der Waals surface area contributed by atoms with Crippen LogP contribution in [0.15, 0.2) is 117 Å². The summed E-state index contributed by atoms with van der Waals surface area (Å²) < 4.78 is 0. The van der Waals surface area contributed by atoms with Gasteiger partial charge >= 0.3 is 37.7 Å². The number of fused-ring (bicyclic) bond motifs is 20. The van der Waals surface area contributed by atoms with E-state index in [1.165, 1.54) is 0 Å². The number of hydrogen-bond donors (Lipinski definition) is 2. The summed E-state index contributed by atoms with van der Waals surface area (Å²) in [6.45, 7) is 0. The van der Waals surface area contributed by atoms with Crippen molar-refractivity contribution in [2.45, 2.75) is 0 Å². The van der Waals surface area contributed by atoms with Crippen molar-refractivity contribution in [1.29, 1.82) is 0 Å². The van der Waals surface area contributed by atoms with Crippen molar-refractivity contribution in [2.24, 2.45) is 20.0 Å². The van der Waals surface area contributed by atoms with Crippen molar-refractivity contribution in [2.75, 3.05) is 0 Å². The molecule has 9 rings (SSSR count). The van der Waals surface area contributed by atoms with Gasteiger partial charge in [-0.25, -0.2) is 0 Å². The number of H-pyrrole nitrogens is 2. The molecule has 0 spiro atoms. The normalized spacial score (nSPS) is 15.4. The molecule has 4 aromatic carbocycles. The number of benzene rings is 4. The summed E-state index contributed by atoms with van der Waals surface area (Å²) in [5, 5.41) is 7.53. The molecule has 8 aromatic rings. The molecule has 188 valence electrons. The Balaban J connectivity index is 0.00000144. The van der Waals surface area contributed by atoms with Gasteiger partial charge < -0.3 is 39.9 Å². The molecule has 0 saturated carbocycles. The Morgan fingerprint density at radius 1 is 0.333 bits per heavy atom. The molecule has 4 aromatic heterocycles. The zero-order chi connectivity index (χ0) is 26.2. The number of hydrogen-bond acceptors (Lipinski definition) is 4. The fraction of sp³-hybridized carbons (Fsp3) is 0. The Kier molecular flexibility index (Phi) is 6.31. The maximum atomic E-state index is 5.02. The van der Waals surface area contributed by atoms with E-state index in [9.17, 15) is 0 Å². The molecule has 2 N–H and O–H groups in total. The topological polar surface area (TPSA) is 109 Å². The van der Waals surface area contributed by atoms with E-state index in [-0.39, 0.29) is 37.7 Å². The average molecular weight is 528 g/mol. The standard InChI is InChI=1S/C32H18N8.2Li/c1-2-10-18-17(9-1)25-33-26(18)38-28-21-13-5-6-14-22(21)30(35-28)40-32-24-16-8-7-15-23(24)31(36-32)39-29-20-12-4-3-11-19(20)27(34-29)37-25;;/h1-16H,(H2-2,33,34,35,36,37,38,39,40);;/q-2;2*+1. The van der Waals surface area contributed by atoms with Gasteiger partial charge in [0.1, 0.15) is 0 Å². The molecule has 0 saturated heterocycles. The number of rotatable bonds is 0. The maximum Gasteiger partial charge on any atom is 1.00 e. The molecule has 0 radical (unpaired) electrons. The first kappa shape index (κ1) is 26.3. The molecule has 5 heterocycles. The van der Waals surface area contributed by atoms with Crippen LogP contribution in [-0.4, -0.2) is 9.97 Å². The monoisotopic (exact) mass is 528 g/mol. The van der Waals surface area contributed by atoms with Crippen LogP contribution in [0, 0.1) is 0 Å². The Morgan fingerprint density at radius 2 is 0.548 bits per heavy atom. The molecule has 42 heavy (non-hydrogen) atoms. The molecular formula is C32H18Li2N8. The van der Waals surface area contributed by atoms with Crippen LogP contribution in [-0.2, 0) is 0 Å². The Morgan fingerprint density at radius 3 is 0.786 bits per heavy atom. The van der Waals surface area contributed by atoms with Gasteiger partial charge in [0.05, 0.1) is 23.3 Å². The fourth-order valence-corrected chi connectivity index (χ4v) is 5.59. The summed E-state index contributed by atoms with van der Waals surface area (Å²) in [7, 11) is 0. The minimum Gasteiger partial charge on any atom is -0.357 e. The minimum absolute atomic E-state index is 0. The van der Waals surface area contributed by atoms with E-state index in [1.54, 1.807) is 0 Å². The van der Waals surface area contributed by atoms with Crippen molar-refractivity contribution in [3.05, 3.63) is 119 Å². The van der Waals surface area contributed by atoms with Gasteiger partial charge in [0.25, 0.3) is 0 Å². The molecule has 0 atom stereocenters. The minimum atomic E-state index is 0. The van der Waals surface area contributed by atoms with Crippen molar-refractivity contribution in [3.63, 3.8) is 0 Å². The van der Waals surface area contributed by atoms with Crippen molar-refractivity contribution >= 4 is 66.4 Å². The molecule has 8 nitrogen and oxygen atoms in total. The van der Waals surface area contributed by atoms with E-state index in [0.29, 0.717) is 45.2 Å². The van der Waals surface area contributed by atoms with Gasteiger partial charge in [-0.15, -0.1) is 0 Å². The number of nitrogens with one attached hydrogen (secondary N) is 2. The summed E-state index contributed by atoms with van der Waals surface area (Å²) in [4.78, 5) is 36.8. The van der Waals surface area contributed by atoms with Crippen LogP contribution in [0.2, 0.25) is 0 Å². The predicted molar refractivity (Wildman–Crippen MR) is 154 cm³/mol. The summed E-state index contributed by atoms with van der Waals surface area (Å²) in [5.74, 6) is 2.74. The molecule has 8 bridgehead atoms. The fourth-order valence-electron chi connectivity index (χ4n) is 5.59. The quantitative estimate of drug-likeness (QED) is 0.246. The van der Waals surface area contributed by atoms with E-state index in [2.05, 4.69) is 9.97 Å². The van der Waals surface area contributed by atoms with Crippen LogP contribution in [0.3, 0.4) is 0 Å². The van der Waals surface area contributed by atoms with Crippen LogP contribution in [0.5, 0.6) is 0 Å². The molecular weight excluding hydrogens is 510 g/mol. The van der Waals surface area contributed by atoms with E-state index in [1.807, 2.05) is 97.1 Å². The molecule has 0 amide bonds. The predicted octanol–water partition coefficient (Wildman–Crippen LogP) is -1.00. The number of aromatic amines is 2. The second-order valence-corrected chi connectivity index (χ2v) is 9.79. The first-order chi connectivity index (χ1) is 19.8. The van der Waals surface area contributed by atoms with Gasteiger partial charge in [0, 0.05) is 43.5 Å². The zero-order valence-electron chi connectivity index (χ0n) is 22.9. The maximum absolute atomic E-state index is 5.02. The molecule has 0 fully saturated rings.